The number of furan rings is 1. The summed E-state index contributed by atoms with van der Waals surface area (Å²) in [6.07, 6.45) is 0. The second-order valence-corrected chi connectivity index (χ2v) is 4.28. The summed E-state index contributed by atoms with van der Waals surface area (Å²) in [5, 5.41) is 4.25. The summed E-state index contributed by atoms with van der Waals surface area (Å²) < 4.78 is 16.8. The van der Waals surface area contributed by atoms with Gasteiger partial charge in [-0.15, -0.1) is 0 Å². The molecule has 1 aromatic carbocycles. The first-order valence-corrected chi connectivity index (χ1v) is 6.66. The number of rotatable bonds is 8. The van der Waals surface area contributed by atoms with Gasteiger partial charge in [0.05, 0.1) is 26.4 Å². The van der Waals surface area contributed by atoms with E-state index >= 15 is 0 Å². The van der Waals surface area contributed by atoms with Crippen LogP contribution in [-0.4, -0.2) is 26.9 Å². The average Bonchev–Trinajstić information content (AvgIpc) is 2.77. The fourth-order valence-corrected chi connectivity index (χ4v) is 2.05. The molecule has 1 N–H and O–H groups in total. The molecule has 2 rings (SSSR count). The van der Waals surface area contributed by atoms with Gasteiger partial charge in [-0.05, 0) is 20.0 Å². The second kappa shape index (κ2) is 7.28. The normalized spacial score (nSPS) is 11.3. The zero-order chi connectivity index (χ0) is 13.5. The molecule has 0 atom stereocenters. The third kappa shape index (κ3) is 3.56. The van der Waals surface area contributed by atoms with Crippen molar-refractivity contribution >= 4 is 11.0 Å². The van der Waals surface area contributed by atoms with E-state index in [1.54, 1.807) is 0 Å². The zero-order valence-corrected chi connectivity index (χ0v) is 11.6. The van der Waals surface area contributed by atoms with E-state index in [0.717, 1.165) is 28.9 Å². The minimum absolute atomic E-state index is 0.557. The number of hydrogen-bond acceptors (Lipinski definition) is 4. The van der Waals surface area contributed by atoms with Crippen molar-refractivity contribution in [2.75, 3.05) is 26.9 Å². The van der Waals surface area contributed by atoms with Gasteiger partial charge in [-0.25, -0.2) is 0 Å². The molecule has 4 nitrogen and oxygen atoms in total. The van der Waals surface area contributed by atoms with Gasteiger partial charge in [0.2, 0.25) is 0 Å². The van der Waals surface area contributed by atoms with E-state index in [4.69, 9.17) is 13.9 Å². The maximum atomic E-state index is 5.84. The van der Waals surface area contributed by atoms with Crippen LogP contribution < -0.4 is 5.32 Å². The molecule has 0 aliphatic carbocycles. The monoisotopic (exact) mass is 263 g/mol. The molecule has 4 heteroatoms. The van der Waals surface area contributed by atoms with Crippen molar-refractivity contribution in [1.29, 1.82) is 0 Å². The van der Waals surface area contributed by atoms with Gasteiger partial charge in [0.15, 0.2) is 0 Å². The van der Waals surface area contributed by atoms with E-state index in [-0.39, 0.29) is 0 Å². The Hall–Kier alpha value is -1.36. The Kier molecular flexibility index (Phi) is 5.39. The molecule has 0 amide bonds. The van der Waals surface area contributed by atoms with E-state index in [2.05, 4.69) is 11.4 Å². The van der Waals surface area contributed by atoms with Crippen LogP contribution in [0.1, 0.15) is 18.2 Å². The van der Waals surface area contributed by atoms with E-state index in [1.807, 2.05) is 32.2 Å². The van der Waals surface area contributed by atoms with E-state index < -0.39 is 0 Å². The van der Waals surface area contributed by atoms with Crippen LogP contribution in [0.15, 0.2) is 28.7 Å². The van der Waals surface area contributed by atoms with Crippen LogP contribution in [0, 0.1) is 0 Å². The van der Waals surface area contributed by atoms with Crippen molar-refractivity contribution in [3.63, 3.8) is 0 Å². The molecule has 0 spiro atoms. The van der Waals surface area contributed by atoms with Gasteiger partial charge in [-0.3, -0.25) is 0 Å². The average molecular weight is 263 g/mol. The number of fused-ring (bicyclic) bond motifs is 1. The summed E-state index contributed by atoms with van der Waals surface area (Å²) in [5.41, 5.74) is 2.04. The maximum absolute atomic E-state index is 5.84. The highest BCUT2D eigenvalue weighted by Gasteiger charge is 2.13. The van der Waals surface area contributed by atoms with E-state index in [9.17, 15) is 0 Å². The van der Waals surface area contributed by atoms with Crippen molar-refractivity contribution in [2.24, 2.45) is 0 Å². The SMILES string of the molecule is CCOCCOCc1c(CNC)oc2ccccc12. The quantitative estimate of drug-likeness (QED) is 0.744. The first kappa shape index (κ1) is 14.1. The molecule has 1 aromatic heterocycles. The third-order valence-electron chi connectivity index (χ3n) is 2.94. The number of ether oxygens (including phenoxy) is 2. The van der Waals surface area contributed by atoms with Crippen molar-refractivity contribution in [3.8, 4) is 0 Å². The van der Waals surface area contributed by atoms with Gasteiger partial charge < -0.3 is 19.2 Å². The summed E-state index contributed by atoms with van der Waals surface area (Å²) in [6.45, 7) is 5.21. The first-order valence-electron chi connectivity index (χ1n) is 6.66. The van der Waals surface area contributed by atoms with Crippen molar-refractivity contribution in [1.82, 2.24) is 5.32 Å². The summed E-state index contributed by atoms with van der Waals surface area (Å²) >= 11 is 0. The summed E-state index contributed by atoms with van der Waals surface area (Å²) in [4.78, 5) is 0. The molecule has 1 heterocycles. The third-order valence-corrected chi connectivity index (χ3v) is 2.94. The number of benzene rings is 1. The Labute approximate surface area is 113 Å². The Bertz CT molecular complexity index is 507. The predicted octanol–water partition coefficient (Wildman–Crippen LogP) is 2.71. The molecule has 0 bridgehead atoms. The maximum Gasteiger partial charge on any atom is 0.134 e. The summed E-state index contributed by atoms with van der Waals surface area (Å²) in [6, 6.07) is 8.05. The molecule has 104 valence electrons. The highest BCUT2D eigenvalue weighted by molar-refractivity contribution is 5.82. The van der Waals surface area contributed by atoms with E-state index in [0.29, 0.717) is 26.4 Å². The highest BCUT2D eigenvalue weighted by Crippen LogP contribution is 2.26. The highest BCUT2D eigenvalue weighted by atomic mass is 16.5. The van der Waals surface area contributed by atoms with Crippen molar-refractivity contribution in [3.05, 3.63) is 35.6 Å². The second-order valence-electron chi connectivity index (χ2n) is 4.28. The van der Waals surface area contributed by atoms with E-state index in [1.165, 1.54) is 0 Å². The number of para-hydroxylation sites is 1. The molecular weight excluding hydrogens is 242 g/mol. The van der Waals surface area contributed by atoms with Crippen molar-refractivity contribution in [2.45, 2.75) is 20.1 Å². The molecule has 0 saturated carbocycles. The Balaban J connectivity index is 2.08. The van der Waals surface area contributed by atoms with Gasteiger partial charge in [-0.2, -0.15) is 0 Å². The van der Waals surface area contributed by atoms with Gasteiger partial charge in [0, 0.05) is 17.6 Å². The van der Waals surface area contributed by atoms with Crippen LogP contribution in [0.5, 0.6) is 0 Å². The summed E-state index contributed by atoms with van der Waals surface area (Å²) in [5.74, 6) is 0.945. The lowest BCUT2D eigenvalue weighted by Gasteiger charge is -2.05. The van der Waals surface area contributed by atoms with Gasteiger partial charge in [0.25, 0.3) is 0 Å². The Morgan fingerprint density at radius 1 is 1.16 bits per heavy atom. The molecule has 0 fully saturated rings. The van der Waals surface area contributed by atoms with Crippen LogP contribution >= 0.6 is 0 Å². The van der Waals surface area contributed by atoms with Gasteiger partial charge >= 0.3 is 0 Å². The first-order chi connectivity index (χ1) is 9.36. The van der Waals surface area contributed by atoms with Gasteiger partial charge in [-0.1, -0.05) is 18.2 Å². The fraction of sp³-hybridized carbons (Fsp3) is 0.467. The summed E-state index contributed by atoms with van der Waals surface area (Å²) in [7, 11) is 1.91. The Morgan fingerprint density at radius 3 is 2.74 bits per heavy atom. The molecule has 0 radical (unpaired) electrons. The number of nitrogens with one attached hydrogen (secondary N) is 1. The molecule has 19 heavy (non-hydrogen) atoms. The topological polar surface area (TPSA) is 43.6 Å². The van der Waals surface area contributed by atoms with Crippen LogP contribution in [0.4, 0.5) is 0 Å². The molecule has 2 aromatic rings. The minimum atomic E-state index is 0.557. The van der Waals surface area contributed by atoms with Crippen LogP contribution in [0.25, 0.3) is 11.0 Å². The lowest BCUT2D eigenvalue weighted by molar-refractivity contribution is 0.0451. The zero-order valence-electron chi connectivity index (χ0n) is 11.6. The van der Waals surface area contributed by atoms with Crippen molar-refractivity contribution < 1.29 is 13.9 Å². The standard InChI is InChI=1S/C15H21NO3/c1-3-17-8-9-18-11-13-12-6-4-5-7-14(12)19-15(13)10-16-2/h4-7,16H,3,8-11H2,1-2H3. The van der Waals surface area contributed by atoms with Crippen LogP contribution in [0.2, 0.25) is 0 Å². The largest absolute Gasteiger partial charge is 0.459 e. The molecule has 0 aliphatic heterocycles. The molecular formula is C15H21NO3. The molecule has 0 aliphatic rings. The molecule has 0 unspecified atom stereocenters. The lowest BCUT2D eigenvalue weighted by atomic mass is 10.1. The Morgan fingerprint density at radius 2 is 1.95 bits per heavy atom. The molecule has 0 saturated heterocycles. The minimum Gasteiger partial charge on any atom is -0.459 e. The fourth-order valence-electron chi connectivity index (χ4n) is 2.05. The van der Waals surface area contributed by atoms with Crippen LogP contribution in [-0.2, 0) is 22.6 Å². The van der Waals surface area contributed by atoms with Gasteiger partial charge in [0.1, 0.15) is 11.3 Å². The van der Waals surface area contributed by atoms with Crippen LogP contribution in [0.3, 0.4) is 0 Å². The predicted molar refractivity (Wildman–Crippen MR) is 75.1 cm³/mol. The smallest absolute Gasteiger partial charge is 0.134 e. The lowest BCUT2D eigenvalue weighted by Crippen LogP contribution is -2.08. The number of hydrogen-bond donors (Lipinski definition) is 1.